The Morgan fingerprint density at radius 2 is 1.29 bits per heavy atom. The van der Waals surface area contributed by atoms with E-state index in [1.165, 1.54) is 133 Å². The largest absolute Gasteiger partial charge is 0.365 e. The second kappa shape index (κ2) is 15.9. The monoisotopic (exact) mass is 385 g/mol. The molecule has 0 atom stereocenters. The van der Waals surface area contributed by atoms with Crippen LogP contribution in [0.5, 0.6) is 0 Å². The first kappa shape index (κ1) is 23.3. The zero-order chi connectivity index (χ0) is 19.7. The van der Waals surface area contributed by atoms with E-state index in [0.29, 0.717) is 0 Å². The summed E-state index contributed by atoms with van der Waals surface area (Å²) in [5, 5.41) is 3.65. The third-order valence-electron chi connectivity index (χ3n) is 6.64. The van der Waals surface area contributed by atoms with Gasteiger partial charge in [0.1, 0.15) is 0 Å². The van der Waals surface area contributed by atoms with Crippen LogP contribution in [0.1, 0.15) is 129 Å². The van der Waals surface area contributed by atoms with Crippen molar-refractivity contribution < 1.29 is 0 Å². The maximum absolute atomic E-state index is 3.65. The smallest absolute Gasteiger partial charge is 0.0178 e. The van der Waals surface area contributed by atoms with Crippen LogP contribution in [0.4, 0.5) is 0 Å². The Labute approximate surface area is 176 Å². The van der Waals surface area contributed by atoms with Crippen molar-refractivity contribution >= 4 is 0 Å². The molecular formula is C27H47N. The molecule has 1 aliphatic carbocycles. The van der Waals surface area contributed by atoms with Gasteiger partial charge in [0.05, 0.1) is 0 Å². The Morgan fingerprint density at radius 3 is 1.93 bits per heavy atom. The fourth-order valence-electron chi connectivity index (χ4n) is 4.73. The van der Waals surface area contributed by atoms with Crippen LogP contribution >= 0.6 is 0 Å². The summed E-state index contributed by atoms with van der Waals surface area (Å²) in [7, 11) is 0. The summed E-state index contributed by atoms with van der Waals surface area (Å²) in [6, 6.07) is 0. The third kappa shape index (κ3) is 10.5. The van der Waals surface area contributed by atoms with Gasteiger partial charge in [0.25, 0.3) is 0 Å². The number of allylic oxidation sites excluding steroid dienone is 5. The second-order valence-electron chi connectivity index (χ2n) is 9.17. The van der Waals surface area contributed by atoms with Crippen molar-refractivity contribution in [3.63, 3.8) is 0 Å². The van der Waals surface area contributed by atoms with Crippen LogP contribution < -0.4 is 5.32 Å². The first-order chi connectivity index (χ1) is 13.9. The Kier molecular flexibility index (Phi) is 13.2. The van der Waals surface area contributed by atoms with E-state index < -0.39 is 0 Å². The van der Waals surface area contributed by atoms with Gasteiger partial charge in [-0.05, 0) is 49.3 Å². The Hall–Kier alpha value is -0.980. The molecular weight excluding hydrogens is 338 g/mol. The van der Waals surface area contributed by atoms with Crippen LogP contribution in [0.2, 0.25) is 0 Å². The van der Waals surface area contributed by atoms with E-state index in [9.17, 15) is 0 Å². The van der Waals surface area contributed by atoms with E-state index in [4.69, 9.17) is 0 Å². The van der Waals surface area contributed by atoms with Gasteiger partial charge in [0, 0.05) is 11.9 Å². The molecule has 160 valence electrons. The molecule has 0 amide bonds. The molecule has 0 unspecified atom stereocenters. The standard InChI is InChI=1S/C27H47N/c1-2-3-4-5-9-12-15-18-25-21-22-27(28-24-23-25)26-19-16-13-10-7-6-8-11-14-17-20-26/h21-24,26,28H,2-20H2,1H3. The van der Waals surface area contributed by atoms with Crippen LogP contribution in [0.25, 0.3) is 0 Å². The summed E-state index contributed by atoms with van der Waals surface area (Å²) in [6.07, 6.45) is 36.0. The molecule has 0 saturated heterocycles. The molecule has 28 heavy (non-hydrogen) atoms. The first-order valence-electron chi connectivity index (χ1n) is 12.7. The summed E-state index contributed by atoms with van der Waals surface area (Å²) >= 11 is 0. The van der Waals surface area contributed by atoms with Gasteiger partial charge in [0.2, 0.25) is 0 Å². The highest BCUT2D eigenvalue weighted by Gasteiger charge is 2.14. The van der Waals surface area contributed by atoms with Gasteiger partial charge < -0.3 is 5.32 Å². The average Bonchev–Trinajstić information content (AvgIpc) is 2.93. The van der Waals surface area contributed by atoms with E-state index in [0.717, 1.165) is 5.92 Å². The quantitative estimate of drug-likeness (QED) is 0.390. The zero-order valence-electron chi connectivity index (χ0n) is 18.8. The molecule has 1 saturated carbocycles. The lowest BCUT2D eigenvalue weighted by Crippen LogP contribution is -2.15. The van der Waals surface area contributed by atoms with Gasteiger partial charge in [-0.1, -0.05) is 109 Å². The van der Waals surface area contributed by atoms with Crippen molar-refractivity contribution in [3.8, 4) is 0 Å². The molecule has 0 bridgehead atoms. The normalized spacial score (nSPS) is 20.3. The van der Waals surface area contributed by atoms with Crippen LogP contribution in [-0.4, -0.2) is 0 Å². The van der Waals surface area contributed by atoms with Crippen molar-refractivity contribution in [1.29, 1.82) is 0 Å². The minimum absolute atomic E-state index is 0.734. The van der Waals surface area contributed by atoms with Crippen LogP contribution in [0.15, 0.2) is 35.7 Å². The average molecular weight is 386 g/mol. The van der Waals surface area contributed by atoms with E-state index in [-0.39, 0.29) is 0 Å². The molecule has 1 N–H and O–H groups in total. The van der Waals surface area contributed by atoms with E-state index in [2.05, 4.69) is 36.7 Å². The summed E-state index contributed by atoms with van der Waals surface area (Å²) in [5.41, 5.74) is 2.98. The molecule has 0 radical (unpaired) electrons. The van der Waals surface area contributed by atoms with Crippen molar-refractivity contribution in [3.05, 3.63) is 35.7 Å². The Balaban J connectivity index is 1.77. The van der Waals surface area contributed by atoms with Gasteiger partial charge in [-0.3, -0.25) is 0 Å². The van der Waals surface area contributed by atoms with Crippen molar-refractivity contribution in [2.75, 3.05) is 0 Å². The molecule has 1 heterocycles. The van der Waals surface area contributed by atoms with E-state index >= 15 is 0 Å². The highest BCUT2D eigenvalue weighted by Crippen LogP contribution is 2.27. The number of hydrogen-bond acceptors (Lipinski definition) is 1. The number of hydrogen-bond donors (Lipinski definition) is 1. The molecule has 0 aromatic carbocycles. The predicted molar refractivity (Wildman–Crippen MR) is 125 cm³/mol. The number of nitrogens with one attached hydrogen (secondary N) is 1. The fourth-order valence-corrected chi connectivity index (χ4v) is 4.73. The molecule has 2 rings (SSSR count). The molecule has 1 aliphatic heterocycles. The van der Waals surface area contributed by atoms with Gasteiger partial charge in [-0.15, -0.1) is 0 Å². The maximum atomic E-state index is 3.65. The summed E-state index contributed by atoms with van der Waals surface area (Å²) < 4.78 is 0. The van der Waals surface area contributed by atoms with Gasteiger partial charge >= 0.3 is 0 Å². The van der Waals surface area contributed by atoms with E-state index in [1.54, 1.807) is 0 Å². The van der Waals surface area contributed by atoms with Crippen molar-refractivity contribution in [1.82, 2.24) is 5.32 Å². The molecule has 0 aromatic heterocycles. The minimum Gasteiger partial charge on any atom is -0.365 e. The topological polar surface area (TPSA) is 12.0 Å². The Bertz CT molecular complexity index is 459. The minimum atomic E-state index is 0.734. The number of unbranched alkanes of at least 4 members (excludes halogenated alkanes) is 6. The molecule has 2 aliphatic rings. The van der Waals surface area contributed by atoms with Gasteiger partial charge in [-0.25, -0.2) is 0 Å². The first-order valence-corrected chi connectivity index (χ1v) is 12.7. The molecule has 1 nitrogen and oxygen atoms in total. The molecule has 0 aromatic rings. The number of rotatable bonds is 9. The van der Waals surface area contributed by atoms with Crippen molar-refractivity contribution in [2.24, 2.45) is 5.92 Å². The highest BCUT2D eigenvalue weighted by molar-refractivity contribution is 5.30. The molecule has 0 spiro atoms. The Morgan fingerprint density at radius 1 is 0.714 bits per heavy atom. The second-order valence-corrected chi connectivity index (χ2v) is 9.17. The van der Waals surface area contributed by atoms with Gasteiger partial charge in [-0.2, -0.15) is 0 Å². The van der Waals surface area contributed by atoms with Crippen molar-refractivity contribution in [2.45, 2.75) is 129 Å². The summed E-state index contributed by atoms with van der Waals surface area (Å²) in [4.78, 5) is 0. The van der Waals surface area contributed by atoms with Gasteiger partial charge in [0.15, 0.2) is 0 Å². The lowest BCUT2D eigenvalue weighted by molar-refractivity contribution is 0.426. The fraction of sp³-hybridized carbons (Fsp3) is 0.778. The summed E-state index contributed by atoms with van der Waals surface area (Å²) in [6.45, 7) is 2.29. The lowest BCUT2D eigenvalue weighted by atomic mass is 9.90. The van der Waals surface area contributed by atoms with Crippen LogP contribution in [0.3, 0.4) is 0 Å². The van der Waals surface area contributed by atoms with E-state index in [1.807, 2.05) is 0 Å². The molecule has 1 heteroatoms. The predicted octanol–water partition coefficient (Wildman–Crippen LogP) is 8.98. The van der Waals surface area contributed by atoms with Crippen LogP contribution in [-0.2, 0) is 0 Å². The molecule has 1 fully saturated rings. The zero-order valence-corrected chi connectivity index (χ0v) is 18.8. The lowest BCUT2D eigenvalue weighted by Gasteiger charge is -2.21. The maximum Gasteiger partial charge on any atom is 0.0178 e. The SMILES string of the molecule is CCCCCCCCCC1=CC=C(C2CCCCCCCCCCC2)NC=C1. The summed E-state index contributed by atoms with van der Waals surface area (Å²) in [5.74, 6) is 0.734. The third-order valence-corrected chi connectivity index (χ3v) is 6.64. The van der Waals surface area contributed by atoms with Crippen LogP contribution in [0, 0.1) is 5.92 Å². The highest BCUT2D eigenvalue weighted by atomic mass is 14.9.